The fourth-order valence-electron chi connectivity index (χ4n) is 1.14. The summed E-state index contributed by atoms with van der Waals surface area (Å²) in [4.78, 5) is 4.20. The molecule has 0 aliphatic carbocycles. The zero-order valence-electron chi connectivity index (χ0n) is 5.42. The van der Waals surface area contributed by atoms with Crippen LogP contribution in [-0.4, -0.2) is 15.5 Å². The molecule has 0 N–H and O–H groups in total. The lowest BCUT2D eigenvalue weighted by Gasteiger charge is -2.04. The Morgan fingerprint density at radius 2 is 2.50 bits per heavy atom. The van der Waals surface area contributed by atoms with Crippen molar-refractivity contribution in [1.82, 2.24) is 2.78 Å². The zero-order valence-corrected chi connectivity index (χ0v) is 7.58. The molecular weight excluding hydrogens is 239 g/mol. The molecule has 0 amide bonds. The molecule has 3 heteroatoms. The Balaban J connectivity index is 2.57. The van der Waals surface area contributed by atoms with E-state index < -0.39 is 0 Å². The number of aromatic nitrogens is 1. The number of hydrogen-bond donors (Lipinski definition) is 0. The molecule has 0 bridgehead atoms. The summed E-state index contributed by atoms with van der Waals surface area (Å²) < 4.78 is 2.08. The smallest absolute Gasteiger partial charge is 0.0715 e. The van der Waals surface area contributed by atoms with Gasteiger partial charge < -0.3 is 0 Å². The summed E-state index contributed by atoms with van der Waals surface area (Å²) in [5.74, 6) is 0. The second kappa shape index (κ2) is 2.38. The molecule has 1 aliphatic heterocycles. The van der Waals surface area contributed by atoms with E-state index in [2.05, 4.69) is 42.9 Å². The molecule has 2 heterocycles. The number of fused-ring (bicyclic) bond motifs is 1. The van der Waals surface area contributed by atoms with Gasteiger partial charge >= 0.3 is 0 Å². The fourth-order valence-corrected chi connectivity index (χ4v) is 1.74. The monoisotopic (exact) mass is 246 g/mol. The average molecular weight is 246 g/mol. The topological polar surface area (TPSA) is 17.3 Å². The van der Waals surface area contributed by atoms with Gasteiger partial charge in [0, 0.05) is 19.0 Å². The lowest BCUT2D eigenvalue weighted by Crippen LogP contribution is -2.02. The number of rotatable bonds is 0. The Bertz CT molecular complexity index is 275. The van der Waals surface area contributed by atoms with Gasteiger partial charge in [0.05, 0.1) is 28.6 Å². The van der Waals surface area contributed by atoms with Gasteiger partial charge in [0.2, 0.25) is 0 Å². The second-order valence-corrected chi connectivity index (χ2v) is 3.36. The molecule has 2 nitrogen and oxygen atoms in total. The maximum atomic E-state index is 4.20. The lowest BCUT2D eigenvalue weighted by molar-refractivity contribution is 0.950. The van der Waals surface area contributed by atoms with Crippen molar-refractivity contribution in [2.45, 2.75) is 6.42 Å². The Morgan fingerprint density at radius 1 is 1.60 bits per heavy atom. The average Bonchev–Trinajstić information content (AvgIpc) is 2.34. The van der Waals surface area contributed by atoms with Crippen LogP contribution in [0.2, 0.25) is 0 Å². The van der Waals surface area contributed by atoms with Crippen molar-refractivity contribution in [3.05, 3.63) is 23.5 Å². The first-order chi connectivity index (χ1) is 4.88. The molecular formula is C7H7IN2. The summed E-state index contributed by atoms with van der Waals surface area (Å²) in [7, 11) is 0. The first-order valence-corrected chi connectivity index (χ1v) is 4.20. The van der Waals surface area contributed by atoms with E-state index in [0.717, 1.165) is 13.0 Å². The minimum absolute atomic E-state index is 0.952. The summed E-state index contributed by atoms with van der Waals surface area (Å²) in [5.41, 5.74) is 2.68. The maximum Gasteiger partial charge on any atom is 0.0715 e. The zero-order chi connectivity index (χ0) is 6.97. The summed E-state index contributed by atoms with van der Waals surface area (Å²) in [5, 5.41) is 0. The summed E-state index contributed by atoms with van der Waals surface area (Å²) >= 11 is 2.26. The number of hydrogen-bond acceptors (Lipinski definition) is 1. The number of halogens is 1. The Labute approximate surface area is 73.5 Å². The van der Waals surface area contributed by atoms with Crippen molar-refractivity contribution in [3.8, 4) is 0 Å². The van der Waals surface area contributed by atoms with Gasteiger partial charge in [-0.25, -0.2) is 0 Å². The molecule has 10 heavy (non-hydrogen) atoms. The highest BCUT2D eigenvalue weighted by Crippen LogP contribution is 2.15. The Hall–Kier alpha value is -0.320. The van der Waals surface area contributed by atoms with Crippen LogP contribution in [-0.2, 0) is 6.42 Å². The highest BCUT2D eigenvalue weighted by molar-refractivity contribution is 14.1. The van der Waals surface area contributed by atoms with Crippen molar-refractivity contribution >= 4 is 29.1 Å². The number of aliphatic imine (C=N–C) groups is 1. The normalized spacial score (nSPS) is 15.3. The van der Waals surface area contributed by atoms with E-state index >= 15 is 0 Å². The van der Waals surface area contributed by atoms with Gasteiger partial charge in [-0.2, -0.15) is 0 Å². The quantitative estimate of drug-likeness (QED) is 0.619. The molecule has 2 rings (SSSR count). The van der Waals surface area contributed by atoms with Crippen molar-refractivity contribution < 1.29 is 0 Å². The van der Waals surface area contributed by atoms with Crippen molar-refractivity contribution in [3.63, 3.8) is 0 Å². The van der Waals surface area contributed by atoms with Crippen LogP contribution in [0.15, 0.2) is 17.3 Å². The van der Waals surface area contributed by atoms with E-state index in [0.29, 0.717) is 0 Å². The SMILES string of the molecule is In1ccc2c1C=NCC2. The lowest BCUT2D eigenvalue weighted by atomic mass is 10.1. The predicted molar refractivity (Wildman–Crippen MR) is 50.0 cm³/mol. The van der Waals surface area contributed by atoms with E-state index in [1.165, 1.54) is 11.3 Å². The summed E-state index contributed by atoms with van der Waals surface area (Å²) in [6.45, 7) is 0.952. The van der Waals surface area contributed by atoms with Crippen LogP contribution in [0.4, 0.5) is 0 Å². The molecule has 1 aromatic rings. The van der Waals surface area contributed by atoms with E-state index in [9.17, 15) is 0 Å². The van der Waals surface area contributed by atoms with E-state index in [4.69, 9.17) is 0 Å². The largest absolute Gasteiger partial charge is 0.291 e. The van der Waals surface area contributed by atoms with Crippen LogP contribution in [0.1, 0.15) is 11.3 Å². The van der Waals surface area contributed by atoms with E-state index in [1.807, 2.05) is 6.21 Å². The summed E-state index contributed by atoms with van der Waals surface area (Å²) in [6.07, 6.45) is 5.12. The summed E-state index contributed by atoms with van der Waals surface area (Å²) in [6, 6.07) is 2.16. The molecule has 0 atom stereocenters. The fraction of sp³-hybridized carbons (Fsp3) is 0.286. The van der Waals surface area contributed by atoms with Gasteiger partial charge in [-0.3, -0.25) is 7.77 Å². The van der Waals surface area contributed by atoms with Crippen molar-refractivity contribution in [2.24, 2.45) is 4.99 Å². The van der Waals surface area contributed by atoms with Gasteiger partial charge in [0.25, 0.3) is 0 Å². The van der Waals surface area contributed by atoms with Gasteiger partial charge in [0.15, 0.2) is 0 Å². The number of nitrogens with zero attached hydrogens (tertiary/aromatic N) is 2. The molecule has 0 saturated carbocycles. The molecule has 0 fully saturated rings. The third kappa shape index (κ3) is 0.885. The van der Waals surface area contributed by atoms with Crippen LogP contribution in [0.25, 0.3) is 0 Å². The highest BCUT2D eigenvalue weighted by atomic mass is 127. The molecule has 52 valence electrons. The first kappa shape index (κ1) is 6.39. The minimum Gasteiger partial charge on any atom is -0.291 e. The third-order valence-electron chi connectivity index (χ3n) is 1.69. The molecule has 1 aromatic heterocycles. The minimum atomic E-state index is 0.952. The molecule has 0 aromatic carbocycles. The van der Waals surface area contributed by atoms with Gasteiger partial charge in [-0.1, -0.05) is 0 Å². The first-order valence-electron chi connectivity index (χ1n) is 3.24. The molecule has 0 spiro atoms. The van der Waals surface area contributed by atoms with Crippen LogP contribution >= 0.6 is 22.9 Å². The molecule has 0 unspecified atom stereocenters. The van der Waals surface area contributed by atoms with Crippen LogP contribution in [0.3, 0.4) is 0 Å². The van der Waals surface area contributed by atoms with Gasteiger partial charge in [-0.15, -0.1) is 0 Å². The van der Waals surface area contributed by atoms with Crippen molar-refractivity contribution in [1.29, 1.82) is 0 Å². The third-order valence-corrected chi connectivity index (χ3v) is 2.53. The van der Waals surface area contributed by atoms with Crippen molar-refractivity contribution in [2.75, 3.05) is 6.54 Å². The second-order valence-electron chi connectivity index (χ2n) is 2.32. The Kier molecular flexibility index (Phi) is 1.52. The standard InChI is InChI=1S/C7H7IN2/c8-10-4-2-6-1-3-9-5-7(6)10/h2,4-5H,1,3H2. The molecule has 1 aliphatic rings. The van der Waals surface area contributed by atoms with Gasteiger partial charge in [-0.05, 0) is 18.1 Å². The maximum absolute atomic E-state index is 4.20. The predicted octanol–water partition coefficient (Wildman–Crippen LogP) is 1.66. The highest BCUT2D eigenvalue weighted by Gasteiger charge is 2.07. The van der Waals surface area contributed by atoms with Crippen LogP contribution < -0.4 is 0 Å². The van der Waals surface area contributed by atoms with Gasteiger partial charge in [0.1, 0.15) is 0 Å². The van der Waals surface area contributed by atoms with E-state index in [-0.39, 0.29) is 0 Å². The van der Waals surface area contributed by atoms with E-state index in [1.54, 1.807) is 0 Å². The van der Waals surface area contributed by atoms with Crippen LogP contribution in [0, 0.1) is 0 Å². The molecule has 0 saturated heterocycles. The molecule has 0 radical (unpaired) electrons. The van der Waals surface area contributed by atoms with Crippen LogP contribution in [0.5, 0.6) is 0 Å². The Morgan fingerprint density at radius 3 is 3.30 bits per heavy atom.